The minimum Gasteiger partial charge on any atom is -0.297 e. The highest BCUT2D eigenvalue weighted by Gasteiger charge is 2.26. The molecule has 0 unspecified atom stereocenters. The van der Waals surface area contributed by atoms with Gasteiger partial charge in [-0.05, 0) is 23.5 Å². The van der Waals surface area contributed by atoms with E-state index in [1.54, 1.807) is 0 Å². The summed E-state index contributed by atoms with van der Waals surface area (Å²) in [6.07, 6.45) is 0.825. The molecule has 0 aliphatic carbocycles. The first kappa shape index (κ1) is 18.7. The van der Waals surface area contributed by atoms with Gasteiger partial charge in [0.1, 0.15) is 0 Å². The Balaban J connectivity index is 2.26. The molecule has 3 heteroatoms. The molecule has 0 saturated carbocycles. The van der Waals surface area contributed by atoms with Crippen molar-refractivity contribution < 1.29 is 4.79 Å². The molecule has 0 N–H and O–H groups in total. The van der Waals surface area contributed by atoms with Crippen LogP contribution in [0.5, 0.6) is 0 Å². The van der Waals surface area contributed by atoms with Crippen molar-refractivity contribution in [2.24, 2.45) is 5.92 Å². The number of ketones is 1. The number of nitrogens with zero attached hydrogens (tertiary/aromatic N) is 1. The van der Waals surface area contributed by atoms with Gasteiger partial charge in [0.2, 0.25) is 0 Å². The minimum absolute atomic E-state index is 0.0669. The van der Waals surface area contributed by atoms with Crippen molar-refractivity contribution in [3.8, 4) is 0 Å². The largest absolute Gasteiger partial charge is 0.297 e. The Kier molecular flexibility index (Phi) is 7.48. The van der Waals surface area contributed by atoms with E-state index in [9.17, 15) is 4.79 Å². The molecule has 24 heavy (non-hydrogen) atoms. The first-order valence-electron chi connectivity index (χ1n) is 8.50. The fourth-order valence-electron chi connectivity index (χ4n) is 2.93. The molecule has 0 bridgehead atoms. The summed E-state index contributed by atoms with van der Waals surface area (Å²) in [7, 11) is 0. The minimum atomic E-state index is -0.150. The number of hydrogen-bond donors (Lipinski definition) is 0. The topological polar surface area (TPSA) is 20.3 Å². The number of carbonyl (C=O) groups excluding carboxylic acids is 1. The summed E-state index contributed by atoms with van der Waals surface area (Å²) in [6.45, 7) is 5.79. The van der Waals surface area contributed by atoms with Crippen LogP contribution in [0.4, 0.5) is 0 Å². The van der Waals surface area contributed by atoms with Crippen LogP contribution in [0.25, 0.3) is 0 Å². The molecular formula is C21H26ClNO. The average Bonchev–Trinajstić information content (AvgIpc) is 2.60. The number of rotatable bonds is 9. The summed E-state index contributed by atoms with van der Waals surface area (Å²) >= 11 is 5.90. The van der Waals surface area contributed by atoms with Gasteiger partial charge >= 0.3 is 0 Å². The molecule has 0 aliphatic heterocycles. The summed E-state index contributed by atoms with van der Waals surface area (Å²) in [5.41, 5.74) is 2.43. The molecule has 0 spiro atoms. The van der Waals surface area contributed by atoms with Crippen molar-refractivity contribution in [1.82, 2.24) is 4.90 Å². The van der Waals surface area contributed by atoms with E-state index in [4.69, 9.17) is 11.6 Å². The van der Waals surface area contributed by atoms with Crippen molar-refractivity contribution >= 4 is 17.4 Å². The van der Waals surface area contributed by atoms with Crippen molar-refractivity contribution in [2.45, 2.75) is 39.4 Å². The van der Waals surface area contributed by atoms with Crippen molar-refractivity contribution in [3.05, 3.63) is 71.8 Å². The van der Waals surface area contributed by atoms with Crippen LogP contribution in [-0.4, -0.2) is 22.6 Å². The quantitative estimate of drug-likeness (QED) is 0.603. The molecule has 2 nitrogen and oxygen atoms in total. The van der Waals surface area contributed by atoms with Gasteiger partial charge in [0.25, 0.3) is 0 Å². The van der Waals surface area contributed by atoms with Crippen LogP contribution in [0, 0.1) is 5.92 Å². The Bertz CT molecular complexity index is 571. The summed E-state index contributed by atoms with van der Waals surface area (Å²) in [5.74, 6) is 0.616. The van der Waals surface area contributed by atoms with Crippen molar-refractivity contribution in [3.63, 3.8) is 0 Å². The summed E-state index contributed by atoms with van der Waals surface area (Å²) in [6, 6.07) is 20.5. The molecule has 0 aromatic heterocycles. The van der Waals surface area contributed by atoms with E-state index >= 15 is 0 Å². The monoisotopic (exact) mass is 343 g/mol. The SMILES string of the molecule is CC(C)C[C@@H](C(=O)CCl)N(Cc1ccccc1)Cc1ccccc1. The van der Waals surface area contributed by atoms with E-state index in [2.05, 4.69) is 43.0 Å². The van der Waals surface area contributed by atoms with Gasteiger partial charge in [-0.15, -0.1) is 11.6 Å². The van der Waals surface area contributed by atoms with Gasteiger partial charge in [0.15, 0.2) is 5.78 Å². The van der Waals surface area contributed by atoms with Crippen LogP contribution >= 0.6 is 11.6 Å². The summed E-state index contributed by atoms with van der Waals surface area (Å²) < 4.78 is 0. The summed E-state index contributed by atoms with van der Waals surface area (Å²) in [4.78, 5) is 14.8. The fraction of sp³-hybridized carbons (Fsp3) is 0.381. The van der Waals surface area contributed by atoms with Gasteiger partial charge in [0.05, 0.1) is 11.9 Å². The molecule has 0 fully saturated rings. The highest BCUT2D eigenvalue weighted by molar-refractivity contribution is 6.28. The maximum atomic E-state index is 12.5. The van der Waals surface area contributed by atoms with E-state index in [-0.39, 0.29) is 17.7 Å². The van der Waals surface area contributed by atoms with Crippen LogP contribution in [0.2, 0.25) is 0 Å². The molecule has 0 radical (unpaired) electrons. The molecule has 1 atom stereocenters. The number of carbonyl (C=O) groups is 1. The highest BCUT2D eigenvalue weighted by atomic mass is 35.5. The van der Waals surface area contributed by atoms with E-state index in [0.29, 0.717) is 5.92 Å². The Morgan fingerprint density at radius 1 is 0.917 bits per heavy atom. The van der Waals surface area contributed by atoms with Crippen molar-refractivity contribution in [1.29, 1.82) is 0 Å². The smallest absolute Gasteiger partial charge is 0.164 e. The zero-order chi connectivity index (χ0) is 17.4. The first-order chi connectivity index (χ1) is 11.6. The molecule has 0 amide bonds. The number of Topliss-reactive ketones (excluding diaryl/α,β-unsaturated/α-hetero) is 1. The second-order valence-corrected chi connectivity index (χ2v) is 6.89. The van der Waals surface area contributed by atoms with Crippen molar-refractivity contribution in [2.75, 3.05) is 5.88 Å². The maximum Gasteiger partial charge on any atom is 0.164 e. The average molecular weight is 344 g/mol. The molecule has 2 aromatic rings. The standard InChI is InChI=1S/C21H26ClNO/c1-17(2)13-20(21(24)14-22)23(15-18-9-5-3-6-10-18)16-19-11-7-4-8-12-19/h3-12,17,20H,13-16H2,1-2H3/t20-/m0/s1. The molecule has 0 heterocycles. The molecule has 128 valence electrons. The lowest BCUT2D eigenvalue weighted by Crippen LogP contribution is -2.42. The van der Waals surface area contributed by atoms with Gasteiger partial charge < -0.3 is 0 Å². The normalized spacial score (nSPS) is 12.5. The second kappa shape index (κ2) is 9.61. The maximum absolute atomic E-state index is 12.5. The van der Waals surface area contributed by atoms with Gasteiger partial charge in [-0.2, -0.15) is 0 Å². The Morgan fingerprint density at radius 3 is 1.75 bits per heavy atom. The van der Waals surface area contributed by atoms with Crippen LogP contribution in [-0.2, 0) is 17.9 Å². The van der Waals surface area contributed by atoms with Gasteiger partial charge in [-0.1, -0.05) is 74.5 Å². The van der Waals surface area contributed by atoms with Gasteiger partial charge in [-0.3, -0.25) is 9.69 Å². The third-order valence-corrected chi connectivity index (χ3v) is 4.36. The van der Waals surface area contributed by atoms with Gasteiger partial charge in [0, 0.05) is 13.1 Å². The van der Waals surface area contributed by atoms with Crippen LogP contribution in [0.1, 0.15) is 31.4 Å². The molecular weight excluding hydrogens is 318 g/mol. The number of benzene rings is 2. The van der Waals surface area contributed by atoms with Crippen LogP contribution in [0.3, 0.4) is 0 Å². The Morgan fingerprint density at radius 2 is 1.38 bits per heavy atom. The van der Waals surface area contributed by atoms with E-state index < -0.39 is 0 Å². The van der Waals surface area contributed by atoms with E-state index in [1.807, 2.05) is 36.4 Å². The number of hydrogen-bond acceptors (Lipinski definition) is 2. The lowest BCUT2D eigenvalue weighted by Gasteiger charge is -2.32. The zero-order valence-corrected chi connectivity index (χ0v) is 15.2. The van der Waals surface area contributed by atoms with Crippen LogP contribution < -0.4 is 0 Å². The third kappa shape index (κ3) is 5.77. The third-order valence-electron chi connectivity index (χ3n) is 4.10. The first-order valence-corrected chi connectivity index (χ1v) is 9.04. The zero-order valence-electron chi connectivity index (χ0n) is 14.5. The number of alkyl halides is 1. The van der Waals surface area contributed by atoms with Crippen LogP contribution in [0.15, 0.2) is 60.7 Å². The fourth-order valence-corrected chi connectivity index (χ4v) is 3.11. The highest BCUT2D eigenvalue weighted by Crippen LogP contribution is 2.20. The number of halogens is 1. The lowest BCUT2D eigenvalue weighted by atomic mass is 9.98. The predicted octanol–water partition coefficient (Wildman–Crippen LogP) is 4.91. The lowest BCUT2D eigenvalue weighted by molar-refractivity contribution is -0.123. The Hall–Kier alpha value is -1.64. The van der Waals surface area contributed by atoms with Gasteiger partial charge in [-0.25, -0.2) is 0 Å². The predicted molar refractivity (Wildman–Crippen MR) is 101 cm³/mol. The molecule has 2 aromatic carbocycles. The molecule has 0 aliphatic rings. The second-order valence-electron chi connectivity index (χ2n) is 6.62. The van der Waals surface area contributed by atoms with E-state index in [0.717, 1.165) is 19.5 Å². The summed E-state index contributed by atoms with van der Waals surface area (Å²) in [5, 5.41) is 0. The molecule has 0 saturated heterocycles. The molecule has 2 rings (SSSR count). The van der Waals surface area contributed by atoms with E-state index in [1.165, 1.54) is 11.1 Å². The Labute approximate surface area is 150 Å².